The van der Waals surface area contributed by atoms with Gasteiger partial charge in [0.1, 0.15) is 0 Å². The number of alkyl halides is 3. The average molecular weight is 238 g/mol. The fourth-order valence-corrected chi connectivity index (χ4v) is 0.742. The van der Waals surface area contributed by atoms with E-state index in [9.17, 15) is 26.4 Å². The zero-order valence-corrected chi connectivity index (χ0v) is 7.42. The molecular formula is C4H5F3O6S. The minimum absolute atomic E-state index is 0.731. The third kappa shape index (κ3) is 3.12. The van der Waals surface area contributed by atoms with Crippen LogP contribution in [0.4, 0.5) is 13.2 Å². The maximum Gasteiger partial charge on any atom is 0.523 e. The average Bonchev–Trinajstić information content (AvgIpc) is 2.00. The molecular weight excluding hydrogens is 233 g/mol. The summed E-state index contributed by atoms with van der Waals surface area (Å²) in [5.41, 5.74) is -5.71. The van der Waals surface area contributed by atoms with Crippen LogP contribution in [-0.2, 0) is 23.8 Å². The van der Waals surface area contributed by atoms with Crippen molar-refractivity contribution >= 4 is 16.1 Å². The molecule has 1 atom stereocenters. The van der Waals surface area contributed by atoms with Gasteiger partial charge in [0, 0.05) is 0 Å². The molecule has 0 aromatic rings. The van der Waals surface area contributed by atoms with Gasteiger partial charge in [0.05, 0.1) is 7.11 Å². The van der Waals surface area contributed by atoms with Gasteiger partial charge in [-0.15, -0.1) is 0 Å². The topological polar surface area (TPSA) is 89.9 Å². The predicted octanol–water partition coefficient (Wildman–Crippen LogP) is -0.656. The van der Waals surface area contributed by atoms with Gasteiger partial charge in [0.2, 0.25) is 0 Å². The minimum atomic E-state index is -6.00. The molecule has 0 aromatic heterocycles. The Balaban J connectivity index is 4.63. The van der Waals surface area contributed by atoms with E-state index in [1.807, 2.05) is 0 Å². The first kappa shape index (κ1) is 13.1. The second-order valence-electron chi connectivity index (χ2n) is 1.87. The van der Waals surface area contributed by atoms with E-state index in [-0.39, 0.29) is 0 Å². The molecule has 0 rings (SSSR count). The fourth-order valence-electron chi connectivity index (χ4n) is 0.315. The number of esters is 1. The Labute approximate surface area is 76.3 Å². The Morgan fingerprint density at radius 3 is 2.14 bits per heavy atom. The van der Waals surface area contributed by atoms with E-state index in [0.29, 0.717) is 0 Å². The van der Waals surface area contributed by atoms with Gasteiger partial charge < -0.3 is 9.84 Å². The third-order valence-electron chi connectivity index (χ3n) is 0.904. The van der Waals surface area contributed by atoms with Crippen molar-refractivity contribution < 1.29 is 40.4 Å². The van der Waals surface area contributed by atoms with Crippen molar-refractivity contribution in [3.05, 3.63) is 0 Å². The quantitative estimate of drug-likeness (QED) is 0.304. The van der Waals surface area contributed by atoms with E-state index in [2.05, 4.69) is 8.92 Å². The number of hydrogen-bond acceptors (Lipinski definition) is 6. The molecule has 0 heterocycles. The lowest BCUT2D eigenvalue weighted by atomic mass is 10.7. The summed E-state index contributed by atoms with van der Waals surface area (Å²) in [6.45, 7) is 0. The van der Waals surface area contributed by atoms with Crippen LogP contribution in [0.2, 0.25) is 0 Å². The van der Waals surface area contributed by atoms with Crippen molar-refractivity contribution in [1.82, 2.24) is 0 Å². The lowest BCUT2D eigenvalue weighted by Crippen LogP contribution is -2.34. The highest BCUT2D eigenvalue weighted by molar-refractivity contribution is 7.87. The Morgan fingerprint density at radius 1 is 1.43 bits per heavy atom. The molecule has 0 aliphatic heterocycles. The molecule has 0 spiro atoms. The highest BCUT2D eigenvalue weighted by Gasteiger charge is 2.49. The summed E-state index contributed by atoms with van der Waals surface area (Å²) in [7, 11) is -5.27. The van der Waals surface area contributed by atoms with Crippen molar-refractivity contribution in [2.24, 2.45) is 0 Å². The Morgan fingerprint density at radius 2 is 1.86 bits per heavy atom. The van der Waals surface area contributed by atoms with Crippen LogP contribution in [0.1, 0.15) is 0 Å². The molecule has 0 radical (unpaired) electrons. The lowest BCUT2D eigenvalue weighted by molar-refractivity contribution is -0.167. The minimum Gasteiger partial charge on any atom is -0.465 e. The molecule has 0 amide bonds. The lowest BCUT2D eigenvalue weighted by Gasteiger charge is -2.11. The van der Waals surface area contributed by atoms with Crippen LogP contribution < -0.4 is 0 Å². The van der Waals surface area contributed by atoms with Gasteiger partial charge in [0.15, 0.2) is 0 Å². The van der Waals surface area contributed by atoms with Gasteiger partial charge in [-0.2, -0.15) is 21.6 Å². The van der Waals surface area contributed by atoms with Crippen LogP contribution in [0.3, 0.4) is 0 Å². The van der Waals surface area contributed by atoms with E-state index in [1.165, 1.54) is 0 Å². The number of aliphatic hydroxyl groups excluding tert-OH is 1. The van der Waals surface area contributed by atoms with Gasteiger partial charge >= 0.3 is 21.6 Å². The normalized spacial score (nSPS) is 14.9. The summed E-state index contributed by atoms with van der Waals surface area (Å²) in [5, 5.41) is 8.44. The van der Waals surface area contributed by atoms with Crippen molar-refractivity contribution in [1.29, 1.82) is 0 Å². The van der Waals surface area contributed by atoms with Gasteiger partial charge in [-0.1, -0.05) is 0 Å². The van der Waals surface area contributed by atoms with Crippen molar-refractivity contribution in [3.63, 3.8) is 0 Å². The number of hydrogen-bond donors (Lipinski definition) is 1. The number of halogens is 3. The molecule has 0 bridgehead atoms. The molecule has 0 aliphatic carbocycles. The Kier molecular flexibility index (Phi) is 3.85. The van der Waals surface area contributed by atoms with Crippen LogP contribution in [-0.4, -0.2) is 38.4 Å². The molecule has 0 unspecified atom stereocenters. The van der Waals surface area contributed by atoms with E-state index < -0.39 is 27.9 Å². The van der Waals surface area contributed by atoms with Crippen LogP contribution in [0.25, 0.3) is 0 Å². The van der Waals surface area contributed by atoms with Crippen LogP contribution in [0, 0.1) is 0 Å². The summed E-state index contributed by atoms with van der Waals surface area (Å²) >= 11 is 0. The molecule has 0 aliphatic rings. The second-order valence-corrected chi connectivity index (χ2v) is 3.44. The van der Waals surface area contributed by atoms with Crippen molar-refractivity contribution in [2.75, 3.05) is 7.11 Å². The number of methoxy groups -OCH3 is 1. The number of carbonyl (C=O) groups is 1. The molecule has 0 aromatic carbocycles. The van der Waals surface area contributed by atoms with Crippen LogP contribution >= 0.6 is 0 Å². The number of carbonyl (C=O) groups excluding carboxylic acids is 1. The molecule has 0 fully saturated rings. The first-order valence-electron chi connectivity index (χ1n) is 2.87. The maximum atomic E-state index is 11.6. The van der Waals surface area contributed by atoms with Crippen LogP contribution in [0.15, 0.2) is 0 Å². The SMILES string of the molecule is COC(=O)[C@@H](O)OS(=O)(=O)C(F)(F)F. The van der Waals surface area contributed by atoms with Gasteiger partial charge in [-0.05, 0) is 0 Å². The van der Waals surface area contributed by atoms with Gasteiger partial charge in [0.25, 0.3) is 6.29 Å². The van der Waals surface area contributed by atoms with Gasteiger partial charge in [-0.3, -0.25) is 0 Å². The third-order valence-corrected chi connectivity index (χ3v) is 1.91. The first-order valence-corrected chi connectivity index (χ1v) is 4.28. The van der Waals surface area contributed by atoms with E-state index >= 15 is 0 Å². The Bertz CT molecular complexity index is 306. The molecule has 6 nitrogen and oxygen atoms in total. The zero-order chi connectivity index (χ0) is 11.6. The van der Waals surface area contributed by atoms with E-state index in [4.69, 9.17) is 5.11 Å². The predicted molar refractivity (Wildman–Crippen MR) is 34.1 cm³/mol. The maximum absolute atomic E-state index is 11.6. The monoisotopic (exact) mass is 238 g/mol. The van der Waals surface area contributed by atoms with Crippen LogP contribution in [0.5, 0.6) is 0 Å². The molecule has 14 heavy (non-hydrogen) atoms. The number of aliphatic hydroxyl groups is 1. The molecule has 0 saturated heterocycles. The summed E-state index contributed by atoms with van der Waals surface area (Å²) < 4.78 is 61.9. The largest absolute Gasteiger partial charge is 0.523 e. The van der Waals surface area contributed by atoms with Crippen molar-refractivity contribution in [2.45, 2.75) is 11.8 Å². The van der Waals surface area contributed by atoms with E-state index in [1.54, 1.807) is 0 Å². The molecule has 84 valence electrons. The smallest absolute Gasteiger partial charge is 0.465 e. The van der Waals surface area contributed by atoms with E-state index in [0.717, 1.165) is 7.11 Å². The zero-order valence-electron chi connectivity index (χ0n) is 6.61. The highest BCUT2D eigenvalue weighted by Crippen LogP contribution is 2.25. The summed E-state index contributed by atoms with van der Waals surface area (Å²) in [4.78, 5) is 10.3. The molecule has 10 heteroatoms. The Hall–Kier alpha value is -0.870. The highest BCUT2D eigenvalue weighted by atomic mass is 32.2. The van der Waals surface area contributed by atoms with Crippen molar-refractivity contribution in [3.8, 4) is 0 Å². The first-order chi connectivity index (χ1) is 6.12. The molecule has 1 N–H and O–H groups in total. The summed E-state index contributed by atoms with van der Waals surface area (Å²) in [6, 6.07) is 0. The summed E-state index contributed by atoms with van der Waals surface area (Å²) in [6.07, 6.45) is -2.83. The molecule has 0 saturated carbocycles. The fraction of sp³-hybridized carbons (Fsp3) is 0.750. The second kappa shape index (κ2) is 4.11. The standard InChI is InChI=1S/C4H5F3O6S/c1-12-2(8)3(9)13-14(10,11)4(5,6)7/h3,9H,1H3/t3-/m0/s1. The summed E-state index contributed by atoms with van der Waals surface area (Å²) in [5.74, 6) is -1.65. The van der Waals surface area contributed by atoms with Gasteiger partial charge in [-0.25, -0.2) is 8.98 Å². The number of rotatable bonds is 3. The number of ether oxygens (including phenoxy) is 1.